The van der Waals surface area contributed by atoms with Crippen molar-refractivity contribution >= 4 is 17.9 Å². The predicted molar refractivity (Wildman–Crippen MR) is 270 cm³/mol. The monoisotopic (exact) mass is 887 g/mol. The molecule has 0 aromatic rings. The maximum Gasteiger partial charge on any atom is 0.306 e. The van der Waals surface area contributed by atoms with Gasteiger partial charge in [0.15, 0.2) is 6.10 Å². The molecule has 0 aromatic heterocycles. The van der Waals surface area contributed by atoms with Crippen molar-refractivity contribution in [2.75, 3.05) is 13.2 Å². The maximum absolute atomic E-state index is 12.8. The molecule has 0 aliphatic carbocycles. The fourth-order valence-electron chi connectivity index (χ4n) is 8.20. The van der Waals surface area contributed by atoms with Gasteiger partial charge in [-0.15, -0.1) is 0 Å². The van der Waals surface area contributed by atoms with Gasteiger partial charge in [-0.2, -0.15) is 0 Å². The number of allylic oxidation sites excluding steroid dienone is 4. The summed E-state index contributed by atoms with van der Waals surface area (Å²) < 4.78 is 16.8. The lowest BCUT2D eigenvalue weighted by Crippen LogP contribution is -2.30. The molecule has 0 rings (SSSR count). The van der Waals surface area contributed by atoms with Gasteiger partial charge < -0.3 is 14.2 Å². The van der Waals surface area contributed by atoms with Crippen molar-refractivity contribution in [3.8, 4) is 0 Å². The average molecular weight is 887 g/mol. The van der Waals surface area contributed by atoms with Crippen LogP contribution in [0.1, 0.15) is 303 Å². The topological polar surface area (TPSA) is 78.9 Å². The molecule has 1 atom stereocenters. The molecule has 0 spiro atoms. The van der Waals surface area contributed by atoms with Crippen LogP contribution in [0.15, 0.2) is 24.3 Å². The standard InChI is InChI=1S/C57H106O6/c1-4-7-10-13-16-19-22-25-28-30-32-35-38-41-44-47-50-56(59)62-53-54(52-61-55(58)49-46-43-40-37-34-31-27-24-21-18-15-12-9-6-3)63-57(60)51-48-45-42-39-36-33-29-26-23-20-17-14-11-8-5-2/h20,23,28,30,54H,4-19,21-22,24-27,29,31-53H2,1-3H3/b23-20-,30-28-. The number of ether oxygens (including phenoxy) is 3. The molecule has 0 N–H and O–H groups in total. The molecule has 0 radical (unpaired) electrons. The van der Waals surface area contributed by atoms with Crippen molar-refractivity contribution < 1.29 is 28.6 Å². The summed E-state index contributed by atoms with van der Waals surface area (Å²) in [5, 5.41) is 0. The Labute approximate surface area is 392 Å². The van der Waals surface area contributed by atoms with E-state index in [1.165, 1.54) is 199 Å². The quantitative estimate of drug-likeness (QED) is 0.0262. The van der Waals surface area contributed by atoms with Crippen molar-refractivity contribution in [3.63, 3.8) is 0 Å². The van der Waals surface area contributed by atoms with Crippen LogP contribution in [0.25, 0.3) is 0 Å². The number of carbonyl (C=O) groups is 3. The smallest absolute Gasteiger partial charge is 0.306 e. The van der Waals surface area contributed by atoms with Crippen molar-refractivity contribution in [1.82, 2.24) is 0 Å². The van der Waals surface area contributed by atoms with Gasteiger partial charge in [-0.25, -0.2) is 0 Å². The first-order valence-corrected chi connectivity index (χ1v) is 27.8. The van der Waals surface area contributed by atoms with E-state index in [-0.39, 0.29) is 31.1 Å². The van der Waals surface area contributed by atoms with Crippen LogP contribution in [0, 0.1) is 0 Å². The van der Waals surface area contributed by atoms with Gasteiger partial charge in [0, 0.05) is 19.3 Å². The summed E-state index contributed by atoms with van der Waals surface area (Å²) in [6.07, 6.45) is 60.1. The first-order chi connectivity index (χ1) is 31.0. The van der Waals surface area contributed by atoms with Crippen LogP contribution in [0.4, 0.5) is 0 Å². The summed E-state index contributed by atoms with van der Waals surface area (Å²) in [7, 11) is 0. The van der Waals surface area contributed by atoms with Gasteiger partial charge in [0.05, 0.1) is 0 Å². The Morgan fingerprint density at radius 1 is 0.302 bits per heavy atom. The Morgan fingerprint density at radius 3 is 0.810 bits per heavy atom. The van der Waals surface area contributed by atoms with Crippen LogP contribution in [0.3, 0.4) is 0 Å². The molecule has 0 aliphatic heterocycles. The molecular formula is C57H106O6. The molecule has 370 valence electrons. The summed E-state index contributed by atoms with van der Waals surface area (Å²) in [4.78, 5) is 38.1. The molecule has 0 aliphatic rings. The van der Waals surface area contributed by atoms with Crippen LogP contribution in [-0.4, -0.2) is 37.2 Å². The van der Waals surface area contributed by atoms with Crippen molar-refractivity contribution in [3.05, 3.63) is 24.3 Å². The molecule has 0 heterocycles. The molecule has 0 amide bonds. The Balaban J connectivity index is 4.35. The summed E-state index contributed by atoms with van der Waals surface area (Å²) >= 11 is 0. The van der Waals surface area contributed by atoms with E-state index in [0.717, 1.165) is 64.2 Å². The fourth-order valence-corrected chi connectivity index (χ4v) is 8.20. The lowest BCUT2D eigenvalue weighted by molar-refractivity contribution is -0.167. The Bertz CT molecular complexity index is 1020. The van der Waals surface area contributed by atoms with E-state index in [0.29, 0.717) is 19.3 Å². The highest BCUT2D eigenvalue weighted by atomic mass is 16.6. The van der Waals surface area contributed by atoms with Gasteiger partial charge in [-0.05, 0) is 70.6 Å². The molecule has 6 heteroatoms. The SMILES string of the molecule is CCCCCC/C=C\CCCCCCCCCC(=O)OC(COC(=O)CCCCCCC/C=C\CCCCCCCCC)COC(=O)CCCCCCCCCCCCCCCC. The molecule has 0 saturated heterocycles. The molecule has 0 fully saturated rings. The van der Waals surface area contributed by atoms with E-state index in [1.54, 1.807) is 0 Å². The molecule has 0 aromatic carbocycles. The minimum atomic E-state index is -0.772. The summed E-state index contributed by atoms with van der Waals surface area (Å²) in [5.74, 6) is -0.867. The van der Waals surface area contributed by atoms with E-state index in [1.807, 2.05) is 0 Å². The normalized spacial score (nSPS) is 12.1. The Morgan fingerprint density at radius 2 is 0.524 bits per heavy atom. The second kappa shape index (κ2) is 52.5. The zero-order chi connectivity index (χ0) is 45.8. The summed E-state index contributed by atoms with van der Waals surface area (Å²) in [6.45, 7) is 6.65. The Kier molecular flexibility index (Phi) is 50.8. The number of unbranched alkanes of at least 4 members (excludes halogenated alkanes) is 36. The van der Waals surface area contributed by atoms with E-state index < -0.39 is 6.10 Å². The molecule has 1 unspecified atom stereocenters. The number of hydrogen-bond donors (Lipinski definition) is 0. The highest BCUT2D eigenvalue weighted by Gasteiger charge is 2.19. The molecule has 6 nitrogen and oxygen atoms in total. The van der Waals surface area contributed by atoms with E-state index in [2.05, 4.69) is 45.1 Å². The van der Waals surface area contributed by atoms with Gasteiger partial charge in [-0.3, -0.25) is 14.4 Å². The van der Waals surface area contributed by atoms with E-state index in [9.17, 15) is 14.4 Å². The lowest BCUT2D eigenvalue weighted by atomic mass is 10.0. The van der Waals surface area contributed by atoms with Crippen molar-refractivity contribution in [2.45, 2.75) is 309 Å². The number of hydrogen-bond acceptors (Lipinski definition) is 6. The van der Waals surface area contributed by atoms with Crippen LogP contribution in [0.2, 0.25) is 0 Å². The number of rotatable bonds is 51. The van der Waals surface area contributed by atoms with Crippen molar-refractivity contribution in [1.29, 1.82) is 0 Å². The van der Waals surface area contributed by atoms with Crippen LogP contribution in [0.5, 0.6) is 0 Å². The van der Waals surface area contributed by atoms with Crippen LogP contribution in [-0.2, 0) is 28.6 Å². The largest absolute Gasteiger partial charge is 0.462 e. The van der Waals surface area contributed by atoms with E-state index in [4.69, 9.17) is 14.2 Å². The van der Waals surface area contributed by atoms with E-state index >= 15 is 0 Å². The molecule has 0 saturated carbocycles. The van der Waals surface area contributed by atoms with Crippen molar-refractivity contribution in [2.24, 2.45) is 0 Å². The Hall–Kier alpha value is -2.11. The van der Waals surface area contributed by atoms with Crippen LogP contribution >= 0.6 is 0 Å². The third kappa shape index (κ3) is 50.7. The zero-order valence-electron chi connectivity index (χ0n) is 42.4. The van der Waals surface area contributed by atoms with Gasteiger partial charge in [0.25, 0.3) is 0 Å². The first-order valence-electron chi connectivity index (χ1n) is 27.8. The fraction of sp³-hybridized carbons (Fsp3) is 0.877. The maximum atomic E-state index is 12.8. The minimum absolute atomic E-state index is 0.0714. The second-order valence-electron chi connectivity index (χ2n) is 18.8. The zero-order valence-corrected chi connectivity index (χ0v) is 42.4. The summed E-state index contributed by atoms with van der Waals surface area (Å²) in [6, 6.07) is 0. The minimum Gasteiger partial charge on any atom is -0.462 e. The van der Waals surface area contributed by atoms with Gasteiger partial charge in [-0.1, -0.05) is 238 Å². The average Bonchev–Trinajstić information content (AvgIpc) is 3.28. The second-order valence-corrected chi connectivity index (χ2v) is 18.8. The molecule has 0 bridgehead atoms. The van der Waals surface area contributed by atoms with Gasteiger partial charge >= 0.3 is 17.9 Å². The first kappa shape index (κ1) is 60.9. The third-order valence-corrected chi connectivity index (χ3v) is 12.4. The van der Waals surface area contributed by atoms with Crippen LogP contribution < -0.4 is 0 Å². The third-order valence-electron chi connectivity index (χ3n) is 12.4. The number of carbonyl (C=O) groups excluding carboxylic acids is 3. The van der Waals surface area contributed by atoms with Gasteiger partial charge in [0.1, 0.15) is 13.2 Å². The summed E-state index contributed by atoms with van der Waals surface area (Å²) in [5.41, 5.74) is 0. The molecule has 63 heavy (non-hydrogen) atoms. The lowest BCUT2D eigenvalue weighted by Gasteiger charge is -2.18. The molecular weight excluding hydrogens is 781 g/mol. The predicted octanol–water partition coefficient (Wildman–Crippen LogP) is 18.3. The number of esters is 3. The highest BCUT2D eigenvalue weighted by molar-refractivity contribution is 5.71. The van der Waals surface area contributed by atoms with Gasteiger partial charge in [0.2, 0.25) is 0 Å². The highest BCUT2D eigenvalue weighted by Crippen LogP contribution is 2.16.